The van der Waals surface area contributed by atoms with E-state index in [9.17, 15) is 4.79 Å². The van der Waals surface area contributed by atoms with E-state index in [4.69, 9.17) is 0 Å². The van der Waals surface area contributed by atoms with Crippen LogP contribution in [0.3, 0.4) is 0 Å². The number of hydrogen-bond donors (Lipinski definition) is 0. The Balaban J connectivity index is 2.34. The van der Waals surface area contributed by atoms with E-state index in [1.54, 1.807) is 11.3 Å². The van der Waals surface area contributed by atoms with Gasteiger partial charge >= 0.3 is 0 Å². The molecule has 0 bridgehead atoms. The lowest BCUT2D eigenvalue weighted by Gasteiger charge is -2.21. The van der Waals surface area contributed by atoms with E-state index in [2.05, 4.69) is 11.9 Å². The number of carbonyl (C=O) groups is 1. The summed E-state index contributed by atoms with van der Waals surface area (Å²) in [5.41, 5.74) is 1.34. The van der Waals surface area contributed by atoms with Crippen molar-refractivity contribution in [2.45, 2.75) is 13.0 Å². The lowest BCUT2D eigenvalue weighted by atomic mass is 10.1. The van der Waals surface area contributed by atoms with Crippen LogP contribution in [0.1, 0.15) is 20.1 Å². The maximum absolute atomic E-state index is 10.5. The quantitative estimate of drug-likeness (QED) is 0.613. The Hall–Kier alpha value is -0.670. The third-order valence-electron chi connectivity index (χ3n) is 2.19. The van der Waals surface area contributed by atoms with Crippen molar-refractivity contribution < 1.29 is 4.79 Å². The highest BCUT2D eigenvalue weighted by molar-refractivity contribution is 7.13. The molecular weight excluding hydrogens is 170 g/mol. The lowest BCUT2D eigenvalue weighted by Crippen LogP contribution is -2.25. The molecule has 1 aliphatic heterocycles. The minimum absolute atomic E-state index is 0.871. The van der Waals surface area contributed by atoms with Crippen LogP contribution in [0.2, 0.25) is 0 Å². The van der Waals surface area contributed by atoms with Gasteiger partial charge in [-0.3, -0.25) is 4.79 Å². The molecule has 0 unspecified atom stereocenters. The largest absolute Gasteiger partial charge is 0.302 e. The molecule has 1 aromatic rings. The minimum Gasteiger partial charge on any atom is -0.302 e. The van der Waals surface area contributed by atoms with Crippen LogP contribution in [0.5, 0.6) is 0 Å². The second-order valence-electron chi connectivity index (χ2n) is 3.20. The standard InChI is InChI=1S/C9H11NOS/c1-10-3-2-9-7(5-10)4-8(6-11)12-9/h4,6H,2-3,5H2,1H3. The average molecular weight is 181 g/mol. The molecule has 0 aliphatic carbocycles. The van der Waals surface area contributed by atoms with E-state index < -0.39 is 0 Å². The highest BCUT2D eigenvalue weighted by atomic mass is 32.1. The topological polar surface area (TPSA) is 20.3 Å². The summed E-state index contributed by atoms with van der Waals surface area (Å²) < 4.78 is 0. The Morgan fingerprint density at radius 3 is 3.25 bits per heavy atom. The van der Waals surface area contributed by atoms with Gasteiger partial charge in [0.2, 0.25) is 0 Å². The molecule has 0 N–H and O–H groups in total. The zero-order valence-corrected chi connectivity index (χ0v) is 7.86. The molecule has 0 saturated carbocycles. The van der Waals surface area contributed by atoms with Gasteiger partial charge in [-0.15, -0.1) is 11.3 Å². The van der Waals surface area contributed by atoms with Crippen molar-refractivity contribution in [2.24, 2.45) is 0 Å². The molecule has 1 aliphatic rings. The van der Waals surface area contributed by atoms with Crippen LogP contribution < -0.4 is 0 Å². The normalized spacial score (nSPS) is 17.4. The van der Waals surface area contributed by atoms with Crippen LogP contribution >= 0.6 is 11.3 Å². The highest BCUT2D eigenvalue weighted by Crippen LogP contribution is 2.26. The first-order valence-electron chi connectivity index (χ1n) is 4.05. The lowest BCUT2D eigenvalue weighted by molar-refractivity contribution is 0.112. The van der Waals surface area contributed by atoms with Crippen LogP contribution in [0.15, 0.2) is 6.07 Å². The summed E-state index contributed by atoms with van der Waals surface area (Å²) in [6.07, 6.45) is 2.05. The molecule has 3 heteroatoms. The fraction of sp³-hybridized carbons (Fsp3) is 0.444. The van der Waals surface area contributed by atoms with Crippen molar-refractivity contribution >= 4 is 17.6 Å². The van der Waals surface area contributed by atoms with E-state index in [0.29, 0.717) is 0 Å². The van der Waals surface area contributed by atoms with Gasteiger partial charge in [0.1, 0.15) is 0 Å². The van der Waals surface area contributed by atoms with Crippen LogP contribution in [0.4, 0.5) is 0 Å². The van der Waals surface area contributed by atoms with E-state index in [0.717, 1.165) is 30.7 Å². The first kappa shape index (κ1) is 7.95. The molecule has 2 rings (SSSR count). The van der Waals surface area contributed by atoms with E-state index in [1.165, 1.54) is 10.4 Å². The molecule has 0 fully saturated rings. The number of nitrogens with zero attached hydrogens (tertiary/aromatic N) is 1. The zero-order chi connectivity index (χ0) is 8.55. The van der Waals surface area contributed by atoms with Crippen LogP contribution in [0.25, 0.3) is 0 Å². The molecule has 2 heterocycles. The Morgan fingerprint density at radius 2 is 2.50 bits per heavy atom. The van der Waals surface area contributed by atoms with Gasteiger partial charge in [0, 0.05) is 18.0 Å². The zero-order valence-electron chi connectivity index (χ0n) is 7.04. The first-order chi connectivity index (χ1) is 5.79. The maximum atomic E-state index is 10.5. The number of thiophene rings is 1. The number of carbonyl (C=O) groups excluding carboxylic acids is 1. The second kappa shape index (κ2) is 2.99. The summed E-state index contributed by atoms with van der Waals surface area (Å²) in [5.74, 6) is 0. The molecular formula is C9H11NOS. The van der Waals surface area contributed by atoms with Gasteiger partial charge in [0.15, 0.2) is 6.29 Å². The fourth-order valence-electron chi connectivity index (χ4n) is 1.56. The van der Waals surface area contributed by atoms with E-state index in [-0.39, 0.29) is 0 Å². The fourth-order valence-corrected chi connectivity index (χ4v) is 2.54. The number of rotatable bonds is 1. The summed E-state index contributed by atoms with van der Waals surface area (Å²) in [4.78, 5) is 15.1. The number of likely N-dealkylation sites (N-methyl/N-ethyl adjacent to an activating group) is 1. The van der Waals surface area contributed by atoms with Gasteiger partial charge in [0.05, 0.1) is 4.88 Å². The smallest absolute Gasteiger partial charge is 0.160 e. The monoisotopic (exact) mass is 181 g/mol. The molecule has 12 heavy (non-hydrogen) atoms. The third kappa shape index (κ3) is 1.30. The Labute approximate surface area is 75.8 Å². The molecule has 0 saturated heterocycles. The summed E-state index contributed by atoms with van der Waals surface area (Å²) in [5, 5.41) is 0. The van der Waals surface area contributed by atoms with Gasteiger partial charge in [0.25, 0.3) is 0 Å². The third-order valence-corrected chi connectivity index (χ3v) is 3.36. The van der Waals surface area contributed by atoms with Crippen LogP contribution in [-0.2, 0) is 13.0 Å². The highest BCUT2D eigenvalue weighted by Gasteiger charge is 2.15. The van der Waals surface area contributed by atoms with Gasteiger partial charge in [-0.05, 0) is 25.1 Å². The van der Waals surface area contributed by atoms with Crippen molar-refractivity contribution in [3.63, 3.8) is 0 Å². The molecule has 0 radical (unpaired) electrons. The predicted octanol–water partition coefficient (Wildman–Crippen LogP) is 1.55. The molecule has 0 aromatic carbocycles. The number of fused-ring (bicyclic) bond motifs is 1. The average Bonchev–Trinajstić information content (AvgIpc) is 2.46. The first-order valence-corrected chi connectivity index (χ1v) is 4.86. The summed E-state index contributed by atoms with van der Waals surface area (Å²) >= 11 is 1.64. The second-order valence-corrected chi connectivity index (χ2v) is 4.37. The Kier molecular flexibility index (Phi) is 1.98. The van der Waals surface area contributed by atoms with Crippen molar-refractivity contribution in [3.8, 4) is 0 Å². The van der Waals surface area contributed by atoms with E-state index >= 15 is 0 Å². The van der Waals surface area contributed by atoms with Crippen molar-refractivity contribution in [2.75, 3.05) is 13.6 Å². The molecule has 64 valence electrons. The molecule has 0 amide bonds. The number of aldehydes is 1. The maximum Gasteiger partial charge on any atom is 0.160 e. The Morgan fingerprint density at radius 1 is 1.67 bits per heavy atom. The molecule has 2 nitrogen and oxygen atoms in total. The summed E-state index contributed by atoms with van der Waals surface area (Å²) in [7, 11) is 2.11. The molecule has 0 spiro atoms. The van der Waals surface area contributed by atoms with Crippen LogP contribution in [0, 0.1) is 0 Å². The van der Waals surface area contributed by atoms with Gasteiger partial charge in [-0.25, -0.2) is 0 Å². The van der Waals surface area contributed by atoms with Gasteiger partial charge in [-0.2, -0.15) is 0 Å². The van der Waals surface area contributed by atoms with Gasteiger partial charge in [-0.1, -0.05) is 0 Å². The molecule has 0 atom stereocenters. The van der Waals surface area contributed by atoms with Crippen molar-refractivity contribution in [1.29, 1.82) is 0 Å². The van der Waals surface area contributed by atoms with Gasteiger partial charge < -0.3 is 4.90 Å². The van der Waals surface area contributed by atoms with Crippen molar-refractivity contribution in [3.05, 3.63) is 21.4 Å². The SMILES string of the molecule is CN1CCc2sc(C=O)cc2C1. The molecule has 1 aromatic heterocycles. The van der Waals surface area contributed by atoms with E-state index in [1.807, 2.05) is 6.07 Å². The summed E-state index contributed by atoms with van der Waals surface area (Å²) in [6, 6.07) is 2.02. The number of hydrogen-bond acceptors (Lipinski definition) is 3. The Bertz CT molecular complexity index is 305. The predicted molar refractivity (Wildman–Crippen MR) is 49.7 cm³/mol. The minimum atomic E-state index is 0.871. The summed E-state index contributed by atoms with van der Waals surface area (Å²) in [6.45, 7) is 2.12. The van der Waals surface area contributed by atoms with Crippen LogP contribution in [-0.4, -0.2) is 24.8 Å². The van der Waals surface area contributed by atoms with Crippen molar-refractivity contribution in [1.82, 2.24) is 4.90 Å².